The van der Waals surface area contributed by atoms with Crippen LogP contribution in [-0.4, -0.2) is 33.3 Å². The maximum absolute atomic E-state index is 11.3. The van der Waals surface area contributed by atoms with Crippen molar-refractivity contribution in [1.82, 2.24) is 9.97 Å². The van der Waals surface area contributed by atoms with E-state index in [2.05, 4.69) is 20.3 Å². The maximum Gasteiger partial charge on any atom is 0.331 e. The van der Waals surface area contributed by atoms with Crippen LogP contribution in [0.15, 0.2) is 9.79 Å². The third kappa shape index (κ3) is 1.52. The largest absolute Gasteiger partial charge is 0.479 e. The van der Waals surface area contributed by atoms with Gasteiger partial charge in [0.1, 0.15) is 5.69 Å². The number of hydrogen-bond acceptors (Lipinski definition) is 6. The van der Waals surface area contributed by atoms with Crippen molar-refractivity contribution in [3.63, 3.8) is 0 Å². The molecular formula is C7H7N5O3. The number of aromatic nitrogens is 2. The first-order valence-corrected chi connectivity index (χ1v) is 4.01. The van der Waals surface area contributed by atoms with Crippen LogP contribution in [0.25, 0.3) is 0 Å². The van der Waals surface area contributed by atoms with Crippen molar-refractivity contribution in [2.45, 2.75) is 6.04 Å². The lowest BCUT2D eigenvalue weighted by Crippen LogP contribution is -2.35. The molecule has 0 bridgehead atoms. The van der Waals surface area contributed by atoms with Gasteiger partial charge in [-0.15, -0.1) is 0 Å². The number of aromatic amines is 1. The summed E-state index contributed by atoms with van der Waals surface area (Å²) in [4.78, 5) is 31.7. The number of aliphatic carboxylic acids is 1. The number of nitrogens with two attached hydrogens (primary N) is 1. The van der Waals surface area contributed by atoms with Crippen molar-refractivity contribution in [2.75, 3.05) is 11.1 Å². The number of carboxylic acids is 1. The van der Waals surface area contributed by atoms with Crippen molar-refractivity contribution in [3.8, 4) is 0 Å². The molecule has 78 valence electrons. The van der Waals surface area contributed by atoms with Crippen LogP contribution in [-0.2, 0) is 4.79 Å². The minimum absolute atomic E-state index is 0.0131. The molecule has 0 saturated heterocycles. The highest BCUT2D eigenvalue weighted by Crippen LogP contribution is 2.21. The van der Waals surface area contributed by atoms with Gasteiger partial charge in [0.25, 0.3) is 5.56 Å². The lowest BCUT2D eigenvalue weighted by Gasteiger charge is -2.16. The second-order valence-electron chi connectivity index (χ2n) is 2.89. The van der Waals surface area contributed by atoms with Crippen molar-refractivity contribution < 1.29 is 9.90 Å². The Bertz CT molecular complexity index is 506. The minimum atomic E-state index is -1.12. The van der Waals surface area contributed by atoms with Gasteiger partial charge >= 0.3 is 5.97 Å². The van der Waals surface area contributed by atoms with E-state index >= 15 is 0 Å². The van der Waals surface area contributed by atoms with Crippen LogP contribution in [0.1, 0.15) is 0 Å². The molecule has 0 fully saturated rings. The molecular weight excluding hydrogens is 202 g/mol. The van der Waals surface area contributed by atoms with Crippen molar-refractivity contribution >= 4 is 29.6 Å². The summed E-state index contributed by atoms with van der Waals surface area (Å²) in [6, 6.07) is -1.02. The molecule has 8 nitrogen and oxygen atoms in total. The molecule has 0 radical (unpaired) electrons. The molecule has 15 heavy (non-hydrogen) atoms. The zero-order chi connectivity index (χ0) is 11.0. The van der Waals surface area contributed by atoms with Gasteiger partial charge in [-0.25, -0.2) is 9.79 Å². The summed E-state index contributed by atoms with van der Waals surface area (Å²) >= 11 is 0. The van der Waals surface area contributed by atoms with Gasteiger partial charge in [-0.1, -0.05) is 0 Å². The van der Waals surface area contributed by atoms with Crippen LogP contribution in [0.4, 0.5) is 17.5 Å². The van der Waals surface area contributed by atoms with E-state index in [0.29, 0.717) is 0 Å². The average molecular weight is 209 g/mol. The molecule has 0 amide bonds. The topological polar surface area (TPSA) is 133 Å². The number of carbonyl (C=O) groups is 1. The van der Waals surface area contributed by atoms with Gasteiger partial charge in [0.05, 0.1) is 0 Å². The molecule has 0 spiro atoms. The standard InChI is InChI=1S/C7H7N5O3/c8-7-11-4-3(5(13)12-7)10-2(1-9-4)6(14)15/h1-2,10H,(H,14,15)(H3,8,11,12,13)/t2-/m1/s1. The monoisotopic (exact) mass is 209 g/mol. The molecule has 1 aromatic heterocycles. The first-order chi connectivity index (χ1) is 7.08. The van der Waals surface area contributed by atoms with Crippen molar-refractivity contribution in [3.05, 3.63) is 10.4 Å². The molecule has 0 saturated carbocycles. The molecule has 0 aliphatic carbocycles. The molecule has 1 aromatic rings. The third-order valence-electron chi connectivity index (χ3n) is 1.83. The molecule has 1 atom stereocenters. The highest BCUT2D eigenvalue weighted by molar-refractivity contribution is 5.99. The highest BCUT2D eigenvalue weighted by atomic mass is 16.4. The normalized spacial score (nSPS) is 18.0. The van der Waals surface area contributed by atoms with Crippen molar-refractivity contribution in [1.29, 1.82) is 0 Å². The zero-order valence-electron chi connectivity index (χ0n) is 7.39. The first-order valence-electron chi connectivity index (χ1n) is 4.01. The molecule has 2 rings (SSSR count). The van der Waals surface area contributed by atoms with Gasteiger partial charge in [-0.3, -0.25) is 9.78 Å². The Labute approximate surface area is 82.9 Å². The maximum atomic E-state index is 11.3. The van der Waals surface area contributed by atoms with Gasteiger partial charge in [-0.05, 0) is 0 Å². The average Bonchev–Trinajstić information content (AvgIpc) is 2.16. The van der Waals surface area contributed by atoms with E-state index in [9.17, 15) is 9.59 Å². The zero-order valence-corrected chi connectivity index (χ0v) is 7.39. The van der Waals surface area contributed by atoms with Crippen LogP contribution in [0.5, 0.6) is 0 Å². The number of carboxylic acid groups (broad SMARTS) is 1. The third-order valence-corrected chi connectivity index (χ3v) is 1.83. The number of anilines is 2. The fourth-order valence-electron chi connectivity index (χ4n) is 1.17. The SMILES string of the molecule is Nc1nc2c(c(=O)[nH]1)N[C@@H](C(=O)O)C=N2. The number of fused-ring (bicyclic) bond motifs is 1. The molecule has 5 N–H and O–H groups in total. The van der Waals surface area contributed by atoms with Gasteiger partial charge in [-0.2, -0.15) is 4.98 Å². The summed E-state index contributed by atoms with van der Waals surface area (Å²) in [6.45, 7) is 0. The van der Waals surface area contributed by atoms with E-state index in [1.165, 1.54) is 0 Å². The predicted octanol–water partition coefficient (Wildman–Crippen LogP) is -1.07. The van der Waals surface area contributed by atoms with Gasteiger partial charge < -0.3 is 16.2 Å². The summed E-state index contributed by atoms with van der Waals surface area (Å²) in [5.74, 6) is -1.10. The fraction of sp³-hybridized carbons (Fsp3) is 0.143. The van der Waals surface area contributed by atoms with E-state index in [-0.39, 0.29) is 17.5 Å². The smallest absolute Gasteiger partial charge is 0.331 e. The van der Waals surface area contributed by atoms with Crippen LogP contribution < -0.4 is 16.6 Å². The summed E-state index contributed by atoms with van der Waals surface area (Å²) < 4.78 is 0. The number of hydrogen-bond donors (Lipinski definition) is 4. The van der Waals surface area contributed by atoms with Gasteiger partial charge in [0.15, 0.2) is 11.9 Å². The summed E-state index contributed by atoms with van der Waals surface area (Å²) in [7, 11) is 0. The number of aliphatic imine (C=N–C) groups is 1. The number of rotatable bonds is 1. The number of nitrogens with one attached hydrogen (secondary N) is 2. The Hall–Kier alpha value is -2.38. The van der Waals surface area contributed by atoms with Crippen LogP contribution in [0, 0.1) is 0 Å². The first kappa shape index (κ1) is 9.19. The van der Waals surface area contributed by atoms with E-state index < -0.39 is 17.6 Å². The lowest BCUT2D eigenvalue weighted by atomic mass is 10.2. The van der Waals surface area contributed by atoms with Crippen LogP contribution >= 0.6 is 0 Å². The highest BCUT2D eigenvalue weighted by Gasteiger charge is 2.23. The molecule has 2 heterocycles. The predicted molar refractivity (Wildman–Crippen MR) is 52.5 cm³/mol. The van der Waals surface area contributed by atoms with E-state index in [0.717, 1.165) is 6.21 Å². The molecule has 0 unspecified atom stereocenters. The van der Waals surface area contributed by atoms with Gasteiger partial charge in [0.2, 0.25) is 5.95 Å². The summed E-state index contributed by atoms with van der Waals surface area (Å²) in [5.41, 5.74) is 4.76. The molecule has 1 aliphatic rings. The molecule has 8 heteroatoms. The van der Waals surface area contributed by atoms with E-state index in [1.54, 1.807) is 0 Å². The molecule has 1 aliphatic heterocycles. The van der Waals surface area contributed by atoms with Crippen LogP contribution in [0.2, 0.25) is 0 Å². The van der Waals surface area contributed by atoms with E-state index in [4.69, 9.17) is 10.8 Å². The van der Waals surface area contributed by atoms with Crippen molar-refractivity contribution in [2.24, 2.45) is 4.99 Å². The lowest BCUT2D eigenvalue weighted by molar-refractivity contribution is -0.136. The fourth-order valence-corrected chi connectivity index (χ4v) is 1.17. The Balaban J connectivity index is 2.50. The van der Waals surface area contributed by atoms with Gasteiger partial charge in [0, 0.05) is 6.21 Å². The summed E-state index contributed by atoms with van der Waals surface area (Å²) in [5, 5.41) is 11.2. The second kappa shape index (κ2) is 3.08. The number of H-pyrrole nitrogens is 1. The Kier molecular flexibility index (Phi) is 1.89. The Morgan fingerprint density at radius 1 is 1.60 bits per heavy atom. The van der Waals surface area contributed by atoms with Crippen LogP contribution in [0.3, 0.4) is 0 Å². The summed E-state index contributed by atoms with van der Waals surface area (Å²) in [6.07, 6.45) is 1.15. The number of nitrogens with zero attached hydrogens (tertiary/aromatic N) is 2. The Morgan fingerprint density at radius 3 is 3.00 bits per heavy atom. The van der Waals surface area contributed by atoms with E-state index in [1.807, 2.05) is 0 Å². The Morgan fingerprint density at radius 2 is 2.33 bits per heavy atom. The molecule has 0 aromatic carbocycles. The number of nitrogen functional groups attached to an aromatic ring is 1. The second-order valence-corrected chi connectivity index (χ2v) is 2.89. The quantitative estimate of drug-likeness (QED) is 0.465. The minimum Gasteiger partial charge on any atom is -0.479 e.